The molecule has 1 aliphatic rings. The lowest BCUT2D eigenvalue weighted by Gasteiger charge is -2.26. The monoisotopic (exact) mass is 393 g/mol. The van der Waals surface area contributed by atoms with Crippen molar-refractivity contribution < 1.29 is 9.53 Å². The van der Waals surface area contributed by atoms with E-state index in [0.29, 0.717) is 17.0 Å². The smallest absolute Gasteiger partial charge is 0.272 e. The Morgan fingerprint density at radius 1 is 1.11 bits per heavy atom. The Morgan fingerprint density at radius 2 is 1.89 bits per heavy atom. The van der Waals surface area contributed by atoms with Crippen molar-refractivity contribution in [2.75, 3.05) is 37.0 Å². The zero-order valence-corrected chi connectivity index (χ0v) is 16.9. The second-order valence-corrected chi connectivity index (χ2v) is 7.98. The average molecular weight is 394 g/mol. The predicted molar refractivity (Wildman–Crippen MR) is 116 cm³/mol. The molecule has 0 saturated carbocycles. The van der Waals surface area contributed by atoms with Gasteiger partial charge in [0, 0.05) is 35.7 Å². The summed E-state index contributed by atoms with van der Waals surface area (Å²) < 4.78 is 5.52. The fourth-order valence-electron chi connectivity index (χ4n) is 3.39. The summed E-state index contributed by atoms with van der Waals surface area (Å²) in [6.07, 6.45) is 0. The number of methoxy groups -OCH3 is 1. The molecule has 1 amide bonds. The molecule has 1 aromatic heterocycles. The van der Waals surface area contributed by atoms with E-state index < -0.39 is 0 Å². The van der Waals surface area contributed by atoms with E-state index in [9.17, 15) is 4.79 Å². The van der Waals surface area contributed by atoms with Crippen LogP contribution >= 0.6 is 11.8 Å². The van der Waals surface area contributed by atoms with Crippen molar-refractivity contribution in [3.63, 3.8) is 0 Å². The lowest BCUT2D eigenvalue weighted by atomic mass is 10.1. The van der Waals surface area contributed by atoms with Gasteiger partial charge < -0.3 is 15.0 Å². The predicted octanol–water partition coefficient (Wildman–Crippen LogP) is 4.48. The zero-order chi connectivity index (χ0) is 19.5. The van der Waals surface area contributed by atoms with Crippen LogP contribution in [0.25, 0.3) is 10.9 Å². The molecule has 2 aromatic carbocycles. The molecular weight excluding hydrogens is 370 g/mol. The number of anilines is 2. The summed E-state index contributed by atoms with van der Waals surface area (Å²) in [5, 5.41) is 4.42. The third kappa shape index (κ3) is 3.64. The van der Waals surface area contributed by atoms with Gasteiger partial charge in [0.15, 0.2) is 0 Å². The maximum Gasteiger partial charge on any atom is 0.272 e. The number of aryl methyl sites for hydroxylation is 1. The molecule has 2 heterocycles. The van der Waals surface area contributed by atoms with Crippen LogP contribution in [0.4, 0.5) is 11.4 Å². The number of para-hydroxylation sites is 2. The molecule has 0 atom stereocenters. The molecule has 1 fully saturated rings. The summed E-state index contributed by atoms with van der Waals surface area (Å²) in [5.74, 6) is 2.57. The summed E-state index contributed by atoms with van der Waals surface area (Å²) in [5.41, 5.74) is 4.13. The number of aromatic nitrogens is 1. The zero-order valence-electron chi connectivity index (χ0n) is 16.1. The third-order valence-electron chi connectivity index (χ3n) is 4.95. The highest BCUT2D eigenvalue weighted by Crippen LogP contribution is 2.33. The minimum absolute atomic E-state index is 0.0269. The summed E-state index contributed by atoms with van der Waals surface area (Å²) in [6, 6.07) is 15.8. The van der Waals surface area contributed by atoms with Gasteiger partial charge >= 0.3 is 0 Å². The van der Waals surface area contributed by atoms with Crippen molar-refractivity contribution in [2.24, 2.45) is 0 Å². The second kappa shape index (κ2) is 8.10. The van der Waals surface area contributed by atoms with Gasteiger partial charge in [0.2, 0.25) is 0 Å². The quantitative estimate of drug-likeness (QED) is 0.708. The summed E-state index contributed by atoms with van der Waals surface area (Å²) in [4.78, 5) is 19.7. The first-order valence-electron chi connectivity index (χ1n) is 9.35. The molecule has 6 heteroatoms. The average Bonchev–Trinajstić information content (AvgIpc) is 2.75. The molecule has 1 aliphatic heterocycles. The van der Waals surface area contributed by atoms with Crippen LogP contribution in [0.5, 0.6) is 5.75 Å². The Labute approximate surface area is 169 Å². The van der Waals surface area contributed by atoms with Crippen LogP contribution in [0.15, 0.2) is 48.5 Å². The fourth-order valence-corrected chi connectivity index (χ4v) is 4.29. The van der Waals surface area contributed by atoms with Gasteiger partial charge in [0.05, 0.1) is 12.8 Å². The molecule has 1 saturated heterocycles. The first kappa shape index (κ1) is 18.6. The first-order chi connectivity index (χ1) is 13.7. The van der Waals surface area contributed by atoms with E-state index in [1.54, 1.807) is 7.11 Å². The number of nitrogens with zero attached hydrogens (tertiary/aromatic N) is 2. The van der Waals surface area contributed by atoms with E-state index in [2.05, 4.69) is 23.3 Å². The van der Waals surface area contributed by atoms with Gasteiger partial charge in [-0.2, -0.15) is 11.8 Å². The molecule has 3 aromatic rings. The van der Waals surface area contributed by atoms with Gasteiger partial charge in [0.25, 0.3) is 5.91 Å². The van der Waals surface area contributed by atoms with E-state index in [0.717, 1.165) is 46.9 Å². The van der Waals surface area contributed by atoms with Gasteiger partial charge in [-0.05, 0) is 30.7 Å². The number of hydrogen-bond acceptors (Lipinski definition) is 5. The maximum atomic E-state index is 13.1. The first-order valence-corrected chi connectivity index (χ1v) is 10.5. The normalized spacial score (nSPS) is 14.1. The Balaban J connectivity index is 1.82. The molecule has 0 radical (unpaired) electrons. The van der Waals surface area contributed by atoms with Gasteiger partial charge in [0.1, 0.15) is 17.0 Å². The van der Waals surface area contributed by atoms with Crippen molar-refractivity contribution in [1.82, 2.24) is 9.88 Å². The second-order valence-electron chi connectivity index (χ2n) is 6.76. The molecule has 0 spiro atoms. The minimum Gasteiger partial charge on any atom is -0.494 e. The lowest BCUT2D eigenvalue weighted by Crippen LogP contribution is -2.38. The standard InChI is InChI=1S/C22H23N3O2S/c1-15-6-3-4-8-17(15)23-18-14-19(22(26)25-10-12-28-13-11-25)24-21-16(18)7-5-9-20(21)27-2/h3-9,14H,10-13H2,1-2H3,(H,23,24). The Bertz CT molecular complexity index is 1020. The number of fused-ring (bicyclic) bond motifs is 1. The van der Waals surface area contributed by atoms with Crippen LogP contribution in [-0.4, -0.2) is 47.5 Å². The number of thioether (sulfide) groups is 1. The van der Waals surface area contributed by atoms with Crippen molar-refractivity contribution >= 4 is 39.9 Å². The summed E-state index contributed by atoms with van der Waals surface area (Å²) in [6.45, 7) is 3.58. The van der Waals surface area contributed by atoms with E-state index in [1.165, 1.54) is 0 Å². The molecule has 4 rings (SSSR count). The van der Waals surface area contributed by atoms with Crippen LogP contribution in [0.3, 0.4) is 0 Å². The van der Waals surface area contributed by atoms with E-state index >= 15 is 0 Å². The molecule has 0 aliphatic carbocycles. The Hall–Kier alpha value is -2.73. The highest BCUT2D eigenvalue weighted by atomic mass is 32.2. The van der Waals surface area contributed by atoms with Crippen LogP contribution in [0.1, 0.15) is 16.1 Å². The van der Waals surface area contributed by atoms with Crippen LogP contribution in [0.2, 0.25) is 0 Å². The number of benzene rings is 2. The number of ether oxygens (including phenoxy) is 1. The van der Waals surface area contributed by atoms with Crippen LogP contribution < -0.4 is 10.1 Å². The summed E-state index contributed by atoms with van der Waals surface area (Å²) >= 11 is 1.88. The largest absolute Gasteiger partial charge is 0.494 e. The van der Waals surface area contributed by atoms with Gasteiger partial charge in [-0.25, -0.2) is 4.98 Å². The molecule has 1 N–H and O–H groups in total. The molecule has 5 nitrogen and oxygen atoms in total. The number of carbonyl (C=O) groups is 1. The number of carbonyl (C=O) groups excluding carboxylic acids is 1. The van der Waals surface area contributed by atoms with Crippen LogP contribution in [0, 0.1) is 6.92 Å². The highest BCUT2D eigenvalue weighted by Gasteiger charge is 2.22. The van der Waals surface area contributed by atoms with Crippen LogP contribution in [-0.2, 0) is 0 Å². The van der Waals surface area contributed by atoms with E-state index in [1.807, 2.05) is 59.1 Å². The number of pyridine rings is 1. The summed E-state index contributed by atoms with van der Waals surface area (Å²) in [7, 11) is 1.63. The van der Waals surface area contributed by atoms with E-state index in [-0.39, 0.29) is 5.91 Å². The molecule has 144 valence electrons. The lowest BCUT2D eigenvalue weighted by molar-refractivity contribution is 0.0767. The third-order valence-corrected chi connectivity index (χ3v) is 5.90. The van der Waals surface area contributed by atoms with Gasteiger partial charge in [-0.3, -0.25) is 4.79 Å². The van der Waals surface area contributed by atoms with Gasteiger partial charge in [-0.1, -0.05) is 30.3 Å². The number of amides is 1. The van der Waals surface area contributed by atoms with Crippen molar-refractivity contribution in [1.29, 1.82) is 0 Å². The van der Waals surface area contributed by atoms with E-state index in [4.69, 9.17) is 4.74 Å². The topological polar surface area (TPSA) is 54.5 Å². The fraction of sp³-hybridized carbons (Fsp3) is 0.273. The van der Waals surface area contributed by atoms with Crippen molar-refractivity contribution in [3.8, 4) is 5.75 Å². The molecule has 0 unspecified atom stereocenters. The van der Waals surface area contributed by atoms with Crippen molar-refractivity contribution in [2.45, 2.75) is 6.92 Å². The Kier molecular flexibility index (Phi) is 5.39. The number of nitrogens with one attached hydrogen (secondary N) is 1. The Morgan fingerprint density at radius 3 is 2.64 bits per heavy atom. The maximum absolute atomic E-state index is 13.1. The molecular formula is C22H23N3O2S. The molecule has 28 heavy (non-hydrogen) atoms. The number of rotatable bonds is 4. The van der Waals surface area contributed by atoms with Crippen molar-refractivity contribution in [3.05, 3.63) is 59.8 Å². The highest BCUT2D eigenvalue weighted by molar-refractivity contribution is 7.99. The SMILES string of the molecule is COc1cccc2c(Nc3ccccc3C)cc(C(=O)N3CCSCC3)nc12. The molecule has 0 bridgehead atoms. The van der Waals surface area contributed by atoms with Gasteiger partial charge in [-0.15, -0.1) is 0 Å². The minimum atomic E-state index is -0.0269. The number of hydrogen-bond donors (Lipinski definition) is 1.